The van der Waals surface area contributed by atoms with Crippen molar-refractivity contribution in [1.29, 1.82) is 0 Å². The van der Waals surface area contributed by atoms with Crippen LogP contribution in [0.4, 0.5) is 0 Å². The van der Waals surface area contributed by atoms with Gasteiger partial charge in [-0.1, -0.05) is 0 Å². The molecule has 0 aliphatic carbocycles. The number of halogens is 2. The van der Waals surface area contributed by atoms with E-state index in [1.165, 1.54) is 11.3 Å². The van der Waals surface area contributed by atoms with Crippen LogP contribution in [0.2, 0.25) is 0 Å². The van der Waals surface area contributed by atoms with E-state index in [0.29, 0.717) is 12.1 Å². The van der Waals surface area contributed by atoms with Crippen molar-refractivity contribution in [1.82, 2.24) is 10.3 Å². The van der Waals surface area contributed by atoms with Crippen molar-refractivity contribution >= 4 is 55.8 Å². The summed E-state index contributed by atoms with van der Waals surface area (Å²) in [5.74, 6) is -0.0798. The molecule has 6 heteroatoms. The fourth-order valence-corrected chi connectivity index (χ4v) is 2.72. The predicted octanol–water partition coefficient (Wildman–Crippen LogP) is 3.44. The first-order chi connectivity index (χ1) is 8.16. The maximum absolute atomic E-state index is 12.0. The minimum atomic E-state index is -0.0798. The fraction of sp³-hybridized carbons (Fsp3) is 0.0909. The van der Waals surface area contributed by atoms with Crippen LogP contribution in [0.3, 0.4) is 0 Å². The number of hydrogen-bond acceptors (Lipinski definition) is 3. The van der Waals surface area contributed by atoms with E-state index in [1.807, 2.05) is 18.2 Å². The highest BCUT2D eigenvalue weighted by atomic mass is 127. The van der Waals surface area contributed by atoms with E-state index >= 15 is 0 Å². The van der Waals surface area contributed by atoms with Gasteiger partial charge in [0.25, 0.3) is 5.91 Å². The quantitative estimate of drug-likeness (QED) is 0.770. The van der Waals surface area contributed by atoms with Crippen LogP contribution in [0.25, 0.3) is 0 Å². The Labute approximate surface area is 125 Å². The molecule has 1 amide bonds. The molecule has 0 aliphatic rings. The molecule has 88 valence electrons. The molecule has 1 aromatic carbocycles. The topological polar surface area (TPSA) is 42.0 Å². The van der Waals surface area contributed by atoms with Gasteiger partial charge in [0, 0.05) is 19.1 Å². The minimum absolute atomic E-state index is 0.0798. The van der Waals surface area contributed by atoms with Crippen LogP contribution in [0.1, 0.15) is 15.2 Å². The SMILES string of the molecule is O=C(NCc1cncs1)c1cc(I)ccc1Br. The van der Waals surface area contributed by atoms with Crippen LogP contribution in [0.5, 0.6) is 0 Å². The molecule has 0 bridgehead atoms. The molecule has 1 N–H and O–H groups in total. The van der Waals surface area contributed by atoms with Crippen molar-refractivity contribution in [2.45, 2.75) is 6.54 Å². The van der Waals surface area contributed by atoms with Gasteiger partial charge in [0.2, 0.25) is 0 Å². The molecule has 0 fully saturated rings. The summed E-state index contributed by atoms with van der Waals surface area (Å²) in [6.45, 7) is 0.515. The lowest BCUT2D eigenvalue weighted by atomic mass is 10.2. The zero-order valence-electron chi connectivity index (χ0n) is 8.61. The normalized spacial score (nSPS) is 10.2. The van der Waals surface area contributed by atoms with E-state index in [1.54, 1.807) is 11.7 Å². The Hall–Kier alpha value is -0.470. The number of carbonyl (C=O) groups is 1. The summed E-state index contributed by atoms with van der Waals surface area (Å²) in [5, 5.41) is 2.87. The maximum atomic E-state index is 12.0. The second-order valence-corrected chi connectivity index (χ2v) is 6.35. The van der Waals surface area contributed by atoms with Gasteiger partial charge in [-0.25, -0.2) is 0 Å². The Bertz CT molecular complexity index is 530. The Morgan fingerprint density at radius 3 is 3.06 bits per heavy atom. The van der Waals surface area contributed by atoms with Crippen molar-refractivity contribution in [3.05, 3.63) is 48.4 Å². The number of nitrogens with zero attached hydrogens (tertiary/aromatic N) is 1. The van der Waals surface area contributed by atoms with Crippen LogP contribution < -0.4 is 5.32 Å². The van der Waals surface area contributed by atoms with E-state index in [2.05, 4.69) is 48.8 Å². The lowest BCUT2D eigenvalue weighted by Crippen LogP contribution is -2.22. The number of hydrogen-bond donors (Lipinski definition) is 1. The van der Waals surface area contributed by atoms with Gasteiger partial charge in [-0.2, -0.15) is 0 Å². The molecule has 2 rings (SSSR count). The van der Waals surface area contributed by atoms with Crippen LogP contribution in [0.15, 0.2) is 34.4 Å². The first-order valence-corrected chi connectivity index (χ1v) is 7.52. The molecule has 0 saturated carbocycles. The number of rotatable bonds is 3. The van der Waals surface area contributed by atoms with Crippen molar-refractivity contribution < 1.29 is 4.79 Å². The third-order valence-corrected chi connectivity index (χ3v) is 4.22. The Morgan fingerprint density at radius 1 is 1.53 bits per heavy atom. The minimum Gasteiger partial charge on any atom is -0.347 e. The summed E-state index contributed by atoms with van der Waals surface area (Å²) >= 11 is 7.09. The van der Waals surface area contributed by atoms with Crippen LogP contribution in [0, 0.1) is 3.57 Å². The average molecular weight is 423 g/mol. The van der Waals surface area contributed by atoms with Gasteiger partial charge < -0.3 is 5.32 Å². The Kier molecular flexibility index (Phi) is 4.52. The Morgan fingerprint density at radius 2 is 2.35 bits per heavy atom. The summed E-state index contributed by atoms with van der Waals surface area (Å²) in [5.41, 5.74) is 2.41. The number of aromatic nitrogens is 1. The molecular weight excluding hydrogens is 415 g/mol. The van der Waals surface area contributed by atoms with Gasteiger partial charge in [-0.15, -0.1) is 11.3 Å². The van der Waals surface area contributed by atoms with Gasteiger partial charge in [-0.05, 0) is 56.7 Å². The van der Waals surface area contributed by atoms with Gasteiger partial charge >= 0.3 is 0 Å². The molecule has 0 aliphatic heterocycles. The van der Waals surface area contributed by atoms with E-state index in [4.69, 9.17) is 0 Å². The second kappa shape index (κ2) is 5.92. The molecule has 0 atom stereocenters. The smallest absolute Gasteiger partial charge is 0.252 e. The summed E-state index contributed by atoms with van der Waals surface area (Å²) in [4.78, 5) is 17.0. The monoisotopic (exact) mass is 422 g/mol. The lowest BCUT2D eigenvalue weighted by molar-refractivity contribution is 0.0950. The van der Waals surface area contributed by atoms with Crippen molar-refractivity contribution in [3.8, 4) is 0 Å². The summed E-state index contributed by atoms with van der Waals surface area (Å²) in [7, 11) is 0. The summed E-state index contributed by atoms with van der Waals surface area (Å²) < 4.78 is 1.84. The second-order valence-electron chi connectivity index (χ2n) is 3.27. The van der Waals surface area contributed by atoms with Gasteiger partial charge in [0.15, 0.2) is 0 Å². The largest absolute Gasteiger partial charge is 0.347 e. The number of amides is 1. The van der Waals surface area contributed by atoms with E-state index in [-0.39, 0.29) is 5.91 Å². The highest BCUT2D eigenvalue weighted by molar-refractivity contribution is 14.1. The van der Waals surface area contributed by atoms with Crippen LogP contribution in [-0.2, 0) is 6.54 Å². The molecule has 0 radical (unpaired) electrons. The van der Waals surface area contributed by atoms with E-state index < -0.39 is 0 Å². The van der Waals surface area contributed by atoms with E-state index in [0.717, 1.165) is 12.9 Å². The standard InChI is InChI=1S/C11H8BrIN2OS/c12-10-2-1-7(13)3-9(10)11(16)15-5-8-4-14-6-17-8/h1-4,6H,5H2,(H,15,16). The maximum Gasteiger partial charge on any atom is 0.252 e. The van der Waals surface area contributed by atoms with Crippen molar-refractivity contribution in [2.75, 3.05) is 0 Å². The van der Waals surface area contributed by atoms with Crippen molar-refractivity contribution in [3.63, 3.8) is 0 Å². The fourth-order valence-electron chi connectivity index (χ4n) is 1.26. The van der Waals surface area contributed by atoms with Crippen molar-refractivity contribution in [2.24, 2.45) is 0 Å². The molecule has 0 unspecified atom stereocenters. The number of carbonyl (C=O) groups excluding carboxylic acids is 1. The molecular formula is C11H8BrIN2OS. The van der Waals surface area contributed by atoms with Gasteiger partial charge in [0.1, 0.15) is 0 Å². The highest BCUT2D eigenvalue weighted by Crippen LogP contribution is 2.19. The number of thiazole rings is 1. The van der Waals surface area contributed by atoms with Crippen LogP contribution >= 0.6 is 49.9 Å². The van der Waals surface area contributed by atoms with Gasteiger partial charge in [-0.3, -0.25) is 9.78 Å². The Balaban J connectivity index is 2.07. The molecule has 17 heavy (non-hydrogen) atoms. The first-order valence-electron chi connectivity index (χ1n) is 4.77. The van der Waals surface area contributed by atoms with E-state index in [9.17, 15) is 4.79 Å². The molecule has 2 aromatic rings. The molecule has 1 aromatic heterocycles. The summed E-state index contributed by atoms with van der Waals surface area (Å²) in [6.07, 6.45) is 1.76. The lowest BCUT2D eigenvalue weighted by Gasteiger charge is -2.06. The predicted molar refractivity (Wildman–Crippen MR) is 80.1 cm³/mol. The summed E-state index contributed by atoms with van der Waals surface area (Å²) in [6, 6.07) is 5.68. The average Bonchev–Trinajstić information content (AvgIpc) is 2.82. The third-order valence-electron chi connectivity index (χ3n) is 2.08. The number of benzene rings is 1. The highest BCUT2D eigenvalue weighted by Gasteiger charge is 2.10. The van der Waals surface area contributed by atoms with Gasteiger partial charge in [0.05, 0.1) is 17.6 Å². The zero-order valence-corrected chi connectivity index (χ0v) is 13.2. The molecule has 3 nitrogen and oxygen atoms in total. The molecule has 1 heterocycles. The third kappa shape index (κ3) is 3.49. The molecule has 0 spiro atoms. The zero-order chi connectivity index (χ0) is 12.3. The van der Waals surface area contributed by atoms with Crippen LogP contribution in [-0.4, -0.2) is 10.9 Å². The number of nitrogens with one attached hydrogen (secondary N) is 1. The molecule has 0 saturated heterocycles. The first kappa shape index (κ1) is 13.0.